The number of amides is 3. The van der Waals surface area contributed by atoms with E-state index in [0.29, 0.717) is 11.3 Å². The minimum atomic E-state index is -0.784. The van der Waals surface area contributed by atoms with Gasteiger partial charge in [0, 0.05) is 10.0 Å². The Morgan fingerprint density at radius 2 is 1.71 bits per heavy atom. The predicted octanol–water partition coefficient (Wildman–Crippen LogP) is 2.02. The Labute approximate surface area is 146 Å². The lowest BCUT2D eigenvalue weighted by molar-refractivity contribution is -0.121. The second-order valence-corrected chi connectivity index (χ2v) is 6.18. The molecule has 0 aliphatic carbocycles. The van der Waals surface area contributed by atoms with Crippen molar-refractivity contribution < 1.29 is 14.4 Å². The van der Waals surface area contributed by atoms with Gasteiger partial charge in [-0.25, -0.2) is 10.3 Å². The van der Waals surface area contributed by atoms with E-state index in [-0.39, 0.29) is 18.2 Å². The molecule has 1 heterocycles. The molecule has 3 rings (SSSR count). The monoisotopic (exact) mass is 387 g/mol. The van der Waals surface area contributed by atoms with E-state index in [4.69, 9.17) is 0 Å². The summed E-state index contributed by atoms with van der Waals surface area (Å²) in [5.74, 6) is -1.07. The Morgan fingerprint density at radius 1 is 1.04 bits per heavy atom. The molecule has 2 aromatic rings. The SMILES string of the molecule is O=C(NN[C@@H]1CC(=O)N(c2ccc(Br)cc2)C1=O)c1ccccc1. The maximum absolute atomic E-state index is 12.4. The Morgan fingerprint density at radius 3 is 2.38 bits per heavy atom. The molecule has 6 nitrogen and oxygen atoms in total. The molecule has 0 saturated carbocycles. The fraction of sp³-hybridized carbons (Fsp3) is 0.118. The number of carbonyl (C=O) groups excluding carboxylic acids is 3. The van der Waals surface area contributed by atoms with Crippen LogP contribution < -0.4 is 15.8 Å². The van der Waals surface area contributed by atoms with Gasteiger partial charge in [-0.15, -0.1) is 0 Å². The summed E-state index contributed by atoms with van der Waals surface area (Å²) >= 11 is 3.31. The molecule has 1 aliphatic rings. The smallest absolute Gasteiger partial charge is 0.265 e. The number of carbonyl (C=O) groups is 3. The van der Waals surface area contributed by atoms with Gasteiger partial charge in [0.15, 0.2) is 0 Å². The van der Waals surface area contributed by atoms with Gasteiger partial charge in [0.1, 0.15) is 6.04 Å². The minimum Gasteiger partial charge on any atom is -0.287 e. The number of anilines is 1. The molecule has 2 aromatic carbocycles. The molecule has 2 N–H and O–H groups in total. The molecule has 1 fully saturated rings. The Balaban J connectivity index is 1.66. The van der Waals surface area contributed by atoms with Gasteiger partial charge >= 0.3 is 0 Å². The first-order chi connectivity index (χ1) is 11.6. The fourth-order valence-corrected chi connectivity index (χ4v) is 2.68. The first-order valence-corrected chi connectivity index (χ1v) is 8.09. The highest BCUT2D eigenvalue weighted by Gasteiger charge is 2.39. The largest absolute Gasteiger partial charge is 0.287 e. The fourth-order valence-electron chi connectivity index (χ4n) is 2.42. The van der Waals surface area contributed by atoms with E-state index in [1.54, 1.807) is 54.6 Å². The van der Waals surface area contributed by atoms with Gasteiger partial charge in [-0.1, -0.05) is 34.1 Å². The number of halogens is 1. The van der Waals surface area contributed by atoms with Crippen LogP contribution in [0.5, 0.6) is 0 Å². The highest BCUT2D eigenvalue weighted by molar-refractivity contribution is 9.10. The zero-order chi connectivity index (χ0) is 17.1. The van der Waals surface area contributed by atoms with Gasteiger partial charge in [0.25, 0.3) is 11.8 Å². The summed E-state index contributed by atoms with van der Waals surface area (Å²) in [6, 6.07) is 14.7. The third-order valence-corrected chi connectivity index (χ3v) is 4.16. The van der Waals surface area contributed by atoms with E-state index in [1.165, 1.54) is 0 Å². The summed E-state index contributed by atoms with van der Waals surface area (Å²) in [5, 5.41) is 0. The van der Waals surface area contributed by atoms with Crippen LogP contribution in [0, 0.1) is 0 Å². The van der Waals surface area contributed by atoms with Crippen LogP contribution >= 0.6 is 15.9 Å². The van der Waals surface area contributed by atoms with E-state index < -0.39 is 11.9 Å². The van der Waals surface area contributed by atoms with Crippen LogP contribution in [0.1, 0.15) is 16.8 Å². The highest BCUT2D eigenvalue weighted by Crippen LogP contribution is 2.24. The predicted molar refractivity (Wildman–Crippen MR) is 92.1 cm³/mol. The van der Waals surface area contributed by atoms with Gasteiger partial charge in [0.2, 0.25) is 5.91 Å². The van der Waals surface area contributed by atoms with Gasteiger partial charge in [-0.3, -0.25) is 19.8 Å². The van der Waals surface area contributed by atoms with E-state index >= 15 is 0 Å². The molecule has 1 aliphatic heterocycles. The van der Waals surface area contributed by atoms with Crippen LogP contribution in [0.2, 0.25) is 0 Å². The number of hydrogen-bond acceptors (Lipinski definition) is 4. The Hall–Kier alpha value is -2.51. The number of benzene rings is 2. The average Bonchev–Trinajstić information content (AvgIpc) is 2.88. The van der Waals surface area contributed by atoms with Crippen LogP contribution in [0.4, 0.5) is 5.69 Å². The average molecular weight is 388 g/mol. The van der Waals surface area contributed by atoms with Crippen LogP contribution in [0.15, 0.2) is 59.1 Å². The number of imide groups is 1. The van der Waals surface area contributed by atoms with Crippen LogP contribution in [0.3, 0.4) is 0 Å². The summed E-state index contributed by atoms with van der Waals surface area (Å²) in [4.78, 5) is 37.7. The van der Waals surface area contributed by atoms with E-state index in [0.717, 1.165) is 9.37 Å². The molecule has 1 atom stereocenters. The standard InChI is InChI=1S/C17H14BrN3O3/c18-12-6-8-13(9-7-12)21-15(22)10-14(17(21)24)19-20-16(23)11-4-2-1-3-5-11/h1-9,14,19H,10H2,(H,20,23)/t14-/m1/s1. The molecule has 0 radical (unpaired) electrons. The van der Waals surface area contributed by atoms with Crippen molar-refractivity contribution in [1.82, 2.24) is 10.9 Å². The number of hydrogen-bond donors (Lipinski definition) is 2. The maximum Gasteiger partial charge on any atom is 0.265 e. The molecule has 0 unspecified atom stereocenters. The second-order valence-electron chi connectivity index (χ2n) is 5.27. The van der Waals surface area contributed by atoms with Gasteiger partial charge in [-0.2, -0.15) is 0 Å². The summed E-state index contributed by atoms with van der Waals surface area (Å²) in [5.41, 5.74) is 6.10. The number of nitrogens with zero attached hydrogens (tertiary/aromatic N) is 1. The lowest BCUT2D eigenvalue weighted by Crippen LogP contribution is -2.48. The van der Waals surface area contributed by atoms with Crippen molar-refractivity contribution in [2.75, 3.05) is 4.90 Å². The summed E-state index contributed by atoms with van der Waals surface area (Å²) in [6.45, 7) is 0. The molecular formula is C17H14BrN3O3. The normalized spacial score (nSPS) is 17.2. The minimum absolute atomic E-state index is 0.00995. The van der Waals surface area contributed by atoms with Gasteiger partial charge in [0.05, 0.1) is 12.1 Å². The van der Waals surface area contributed by atoms with E-state index in [9.17, 15) is 14.4 Å². The first kappa shape index (κ1) is 16.4. The quantitative estimate of drug-likeness (QED) is 0.621. The summed E-state index contributed by atoms with van der Waals surface area (Å²) in [6.07, 6.45) is -0.00995. The van der Waals surface area contributed by atoms with E-state index in [2.05, 4.69) is 26.8 Å². The molecule has 0 bridgehead atoms. The van der Waals surface area contributed by atoms with Crippen molar-refractivity contribution in [3.8, 4) is 0 Å². The van der Waals surface area contributed by atoms with Crippen LogP contribution in [-0.2, 0) is 9.59 Å². The molecule has 3 amide bonds. The number of rotatable bonds is 4. The van der Waals surface area contributed by atoms with Crippen molar-refractivity contribution in [3.05, 3.63) is 64.6 Å². The second kappa shape index (κ2) is 6.94. The molecule has 7 heteroatoms. The first-order valence-electron chi connectivity index (χ1n) is 7.29. The molecule has 24 heavy (non-hydrogen) atoms. The molecule has 122 valence electrons. The molecule has 0 spiro atoms. The van der Waals surface area contributed by atoms with E-state index in [1.807, 2.05) is 0 Å². The summed E-state index contributed by atoms with van der Waals surface area (Å²) in [7, 11) is 0. The third kappa shape index (κ3) is 3.37. The zero-order valence-electron chi connectivity index (χ0n) is 12.5. The zero-order valence-corrected chi connectivity index (χ0v) is 14.1. The van der Waals surface area contributed by atoms with Crippen molar-refractivity contribution >= 4 is 39.3 Å². The van der Waals surface area contributed by atoms with Crippen molar-refractivity contribution in [3.63, 3.8) is 0 Å². The summed E-state index contributed by atoms with van der Waals surface area (Å²) < 4.78 is 0.857. The van der Waals surface area contributed by atoms with Gasteiger partial charge in [-0.05, 0) is 36.4 Å². The molecule has 0 aromatic heterocycles. The van der Waals surface area contributed by atoms with Gasteiger partial charge < -0.3 is 0 Å². The lowest BCUT2D eigenvalue weighted by Gasteiger charge is -2.16. The highest BCUT2D eigenvalue weighted by atomic mass is 79.9. The maximum atomic E-state index is 12.4. The van der Waals surface area contributed by atoms with Crippen LogP contribution in [0.25, 0.3) is 0 Å². The molecule has 1 saturated heterocycles. The number of hydrazine groups is 1. The topological polar surface area (TPSA) is 78.5 Å². The van der Waals surface area contributed by atoms with Crippen molar-refractivity contribution in [2.45, 2.75) is 12.5 Å². The lowest BCUT2D eigenvalue weighted by atomic mass is 10.2. The van der Waals surface area contributed by atoms with Crippen molar-refractivity contribution in [1.29, 1.82) is 0 Å². The Kier molecular flexibility index (Phi) is 4.73. The third-order valence-electron chi connectivity index (χ3n) is 3.63. The number of nitrogens with one attached hydrogen (secondary N) is 2. The van der Waals surface area contributed by atoms with Crippen molar-refractivity contribution in [2.24, 2.45) is 0 Å². The Bertz CT molecular complexity index is 777. The van der Waals surface area contributed by atoms with Crippen LogP contribution in [-0.4, -0.2) is 23.8 Å². The molecular weight excluding hydrogens is 374 g/mol.